The SMILES string of the molecule is Clc1ccc(Cl)c(N2CCN(c3ncnc4[nH]nc(Br)c34)CC2)c1. The Hall–Kier alpha value is -1.57. The van der Waals surface area contributed by atoms with Gasteiger partial charge in [-0.2, -0.15) is 5.10 Å². The van der Waals surface area contributed by atoms with Crippen molar-refractivity contribution in [2.75, 3.05) is 36.0 Å². The Bertz CT molecular complexity index is 891. The van der Waals surface area contributed by atoms with Gasteiger partial charge in [-0.15, -0.1) is 0 Å². The van der Waals surface area contributed by atoms with Crippen LogP contribution in [0.25, 0.3) is 11.0 Å². The molecule has 0 aliphatic carbocycles. The second-order valence-electron chi connectivity index (χ2n) is 5.51. The zero-order chi connectivity index (χ0) is 16.7. The summed E-state index contributed by atoms with van der Waals surface area (Å²) in [7, 11) is 0. The van der Waals surface area contributed by atoms with Crippen LogP contribution >= 0.6 is 39.1 Å². The molecule has 1 fully saturated rings. The summed E-state index contributed by atoms with van der Waals surface area (Å²) in [5, 5.41) is 9.37. The van der Waals surface area contributed by atoms with E-state index in [4.69, 9.17) is 23.2 Å². The van der Waals surface area contributed by atoms with Crippen LogP contribution in [0.3, 0.4) is 0 Å². The summed E-state index contributed by atoms with van der Waals surface area (Å²) >= 11 is 15.9. The lowest BCUT2D eigenvalue weighted by atomic mass is 10.2. The maximum Gasteiger partial charge on any atom is 0.161 e. The standard InChI is InChI=1S/C15H13BrCl2N6/c16-13-12-14(22-21-13)19-8-20-15(12)24-5-3-23(4-6-24)11-7-9(17)1-2-10(11)18/h1-2,7-8H,3-6H2,(H,19,20,21,22). The molecule has 124 valence electrons. The second kappa shape index (κ2) is 6.38. The Morgan fingerprint density at radius 3 is 2.58 bits per heavy atom. The maximum atomic E-state index is 6.31. The average molecular weight is 428 g/mol. The van der Waals surface area contributed by atoms with Crippen molar-refractivity contribution in [3.8, 4) is 0 Å². The Morgan fingerprint density at radius 2 is 1.79 bits per heavy atom. The van der Waals surface area contributed by atoms with E-state index in [2.05, 4.69) is 45.9 Å². The summed E-state index contributed by atoms with van der Waals surface area (Å²) in [4.78, 5) is 13.1. The topological polar surface area (TPSA) is 60.9 Å². The number of nitrogens with zero attached hydrogens (tertiary/aromatic N) is 5. The molecule has 0 atom stereocenters. The van der Waals surface area contributed by atoms with Gasteiger partial charge in [0.25, 0.3) is 0 Å². The van der Waals surface area contributed by atoms with Gasteiger partial charge in [-0.1, -0.05) is 23.2 Å². The van der Waals surface area contributed by atoms with Gasteiger partial charge in [0.15, 0.2) is 5.65 Å². The van der Waals surface area contributed by atoms with Crippen molar-refractivity contribution in [1.29, 1.82) is 0 Å². The van der Waals surface area contributed by atoms with Crippen LogP contribution in [-0.4, -0.2) is 46.3 Å². The predicted octanol–water partition coefficient (Wildman–Crippen LogP) is 3.75. The highest BCUT2D eigenvalue weighted by atomic mass is 79.9. The lowest BCUT2D eigenvalue weighted by Crippen LogP contribution is -2.47. The molecule has 0 spiro atoms. The van der Waals surface area contributed by atoms with Crippen molar-refractivity contribution >= 4 is 61.7 Å². The van der Waals surface area contributed by atoms with Crippen molar-refractivity contribution in [3.05, 3.63) is 39.2 Å². The second-order valence-corrected chi connectivity index (χ2v) is 7.10. The summed E-state index contributed by atoms with van der Waals surface area (Å²) in [5.74, 6) is 0.887. The van der Waals surface area contributed by atoms with Gasteiger partial charge in [0.2, 0.25) is 0 Å². The third-order valence-electron chi connectivity index (χ3n) is 4.12. The Morgan fingerprint density at radius 1 is 1.04 bits per heavy atom. The summed E-state index contributed by atoms with van der Waals surface area (Å²) in [6, 6.07) is 5.55. The number of benzene rings is 1. The number of aromatic nitrogens is 4. The molecular weight excluding hydrogens is 415 g/mol. The van der Waals surface area contributed by atoms with E-state index in [1.54, 1.807) is 12.4 Å². The van der Waals surface area contributed by atoms with E-state index in [1.165, 1.54) is 0 Å². The van der Waals surface area contributed by atoms with Gasteiger partial charge in [-0.3, -0.25) is 5.10 Å². The highest BCUT2D eigenvalue weighted by molar-refractivity contribution is 9.10. The first-order chi connectivity index (χ1) is 11.6. The molecule has 1 N–H and O–H groups in total. The number of H-pyrrole nitrogens is 1. The van der Waals surface area contributed by atoms with Crippen molar-refractivity contribution in [2.45, 2.75) is 0 Å². The molecular formula is C15H13BrCl2N6. The number of piperazine rings is 1. The first-order valence-corrected chi connectivity index (χ1v) is 8.98. The van der Waals surface area contributed by atoms with Crippen molar-refractivity contribution in [2.24, 2.45) is 0 Å². The van der Waals surface area contributed by atoms with Crippen molar-refractivity contribution < 1.29 is 0 Å². The third kappa shape index (κ3) is 2.81. The normalized spacial score (nSPS) is 15.3. The third-order valence-corrected chi connectivity index (χ3v) is 5.25. The van der Waals surface area contributed by atoms with E-state index in [0.29, 0.717) is 5.02 Å². The van der Waals surface area contributed by atoms with Crippen LogP contribution in [0, 0.1) is 0 Å². The number of hydrogen-bond donors (Lipinski definition) is 1. The molecule has 0 unspecified atom stereocenters. The van der Waals surface area contributed by atoms with Crippen molar-refractivity contribution in [1.82, 2.24) is 20.2 Å². The summed E-state index contributed by atoms with van der Waals surface area (Å²) < 4.78 is 0.730. The van der Waals surface area contributed by atoms with E-state index >= 15 is 0 Å². The number of hydrogen-bond acceptors (Lipinski definition) is 5. The lowest BCUT2D eigenvalue weighted by Gasteiger charge is -2.37. The van der Waals surface area contributed by atoms with Crippen molar-refractivity contribution in [3.63, 3.8) is 0 Å². The number of rotatable bonds is 2. The molecule has 3 aromatic rings. The van der Waals surface area contributed by atoms with Gasteiger partial charge in [-0.05, 0) is 34.1 Å². The van der Waals surface area contributed by atoms with Gasteiger partial charge in [-0.25, -0.2) is 9.97 Å². The van der Waals surface area contributed by atoms with E-state index in [0.717, 1.165) is 58.3 Å². The van der Waals surface area contributed by atoms with Gasteiger partial charge in [0.1, 0.15) is 16.7 Å². The Labute approximate surface area is 156 Å². The molecule has 1 aliphatic rings. The van der Waals surface area contributed by atoms with Crippen LogP contribution in [0.2, 0.25) is 10.0 Å². The molecule has 1 aromatic carbocycles. The first kappa shape index (κ1) is 15.9. The minimum Gasteiger partial charge on any atom is -0.367 e. The summed E-state index contributed by atoms with van der Waals surface area (Å²) in [6.07, 6.45) is 1.56. The Balaban J connectivity index is 1.58. The highest BCUT2D eigenvalue weighted by Gasteiger charge is 2.23. The molecule has 2 aromatic heterocycles. The van der Waals surface area contributed by atoms with Crippen LogP contribution in [0.15, 0.2) is 29.1 Å². The zero-order valence-corrected chi connectivity index (χ0v) is 15.6. The van der Waals surface area contributed by atoms with Gasteiger partial charge >= 0.3 is 0 Å². The Kier molecular flexibility index (Phi) is 4.24. The highest BCUT2D eigenvalue weighted by Crippen LogP contribution is 2.32. The molecule has 3 heterocycles. The van der Waals surface area contributed by atoms with E-state index in [9.17, 15) is 0 Å². The lowest BCUT2D eigenvalue weighted by molar-refractivity contribution is 0.649. The molecule has 4 rings (SSSR count). The molecule has 0 saturated carbocycles. The molecule has 0 radical (unpaired) electrons. The summed E-state index contributed by atoms with van der Waals surface area (Å²) in [5.41, 5.74) is 1.70. The largest absolute Gasteiger partial charge is 0.367 e. The fraction of sp³-hybridized carbons (Fsp3) is 0.267. The molecule has 1 saturated heterocycles. The first-order valence-electron chi connectivity index (χ1n) is 7.43. The maximum absolute atomic E-state index is 6.31. The quantitative estimate of drug-likeness (QED) is 0.674. The number of nitrogens with one attached hydrogen (secondary N) is 1. The fourth-order valence-electron chi connectivity index (χ4n) is 2.94. The predicted molar refractivity (Wildman–Crippen MR) is 100 cm³/mol. The van der Waals surface area contributed by atoms with E-state index < -0.39 is 0 Å². The van der Waals surface area contributed by atoms with Gasteiger partial charge < -0.3 is 9.80 Å². The summed E-state index contributed by atoms with van der Waals surface area (Å²) in [6.45, 7) is 3.32. The molecule has 6 nitrogen and oxygen atoms in total. The molecule has 0 amide bonds. The molecule has 0 bridgehead atoms. The van der Waals surface area contributed by atoms with Gasteiger partial charge in [0.05, 0.1) is 16.1 Å². The average Bonchev–Trinajstić information content (AvgIpc) is 2.99. The van der Waals surface area contributed by atoms with Crippen LogP contribution in [0.4, 0.5) is 11.5 Å². The molecule has 1 aliphatic heterocycles. The number of fused-ring (bicyclic) bond motifs is 1. The zero-order valence-electron chi connectivity index (χ0n) is 12.5. The van der Waals surface area contributed by atoms with Crippen LogP contribution in [0.1, 0.15) is 0 Å². The van der Waals surface area contributed by atoms with Crippen LogP contribution < -0.4 is 9.80 Å². The minimum atomic E-state index is 0.691. The van der Waals surface area contributed by atoms with Gasteiger partial charge in [0, 0.05) is 31.2 Å². The van der Waals surface area contributed by atoms with E-state index in [-0.39, 0.29) is 0 Å². The number of aromatic amines is 1. The molecule has 24 heavy (non-hydrogen) atoms. The van der Waals surface area contributed by atoms with Crippen LogP contribution in [0.5, 0.6) is 0 Å². The van der Waals surface area contributed by atoms with E-state index in [1.807, 2.05) is 12.1 Å². The number of halogens is 3. The smallest absolute Gasteiger partial charge is 0.161 e. The van der Waals surface area contributed by atoms with Crippen LogP contribution in [-0.2, 0) is 0 Å². The monoisotopic (exact) mass is 426 g/mol. The molecule has 9 heteroatoms. The fourth-order valence-corrected chi connectivity index (χ4v) is 3.79. The minimum absolute atomic E-state index is 0.691. The number of anilines is 2.